The molecule has 4 aliphatic carbocycles. The Hall–Kier alpha value is -6.42. The maximum atomic E-state index is 13.1. The summed E-state index contributed by atoms with van der Waals surface area (Å²) in [6, 6.07) is 12.8. The largest absolute Gasteiger partial charge is 0.486 e. The van der Waals surface area contributed by atoms with Crippen LogP contribution in [0, 0.1) is 18.3 Å². The first-order chi connectivity index (χ1) is 36.5. The van der Waals surface area contributed by atoms with Crippen molar-refractivity contribution in [1.82, 2.24) is 39.8 Å². The first kappa shape index (κ1) is 60.2. The molecular weight excluding hydrogens is 1190 g/mol. The van der Waals surface area contributed by atoms with E-state index in [0.717, 1.165) is 71.8 Å². The molecule has 11 rings (SSSR count). The van der Waals surface area contributed by atoms with E-state index in [4.69, 9.17) is 35.2 Å². The molecule has 1 unspecified atom stereocenters. The maximum Gasteiger partial charge on any atom is 0.278 e. The Morgan fingerprint density at radius 3 is 1.68 bits per heavy atom. The number of aromatic nitrogens is 6. The number of nitrogens with zero attached hydrogens (tertiary/aromatic N) is 6. The molecule has 1 saturated heterocycles. The van der Waals surface area contributed by atoms with Gasteiger partial charge in [-0.05, 0) is 146 Å². The zero-order chi connectivity index (χ0) is 54.9. The molecule has 0 aromatic carbocycles. The minimum absolute atomic E-state index is 0. The van der Waals surface area contributed by atoms with Crippen LogP contribution in [0.4, 0.5) is 17.6 Å². The number of nitrogens with one attached hydrogen (secondary N) is 2. The van der Waals surface area contributed by atoms with Crippen LogP contribution in [0.3, 0.4) is 0 Å². The van der Waals surface area contributed by atoms with Crippen molar-refractivity contribution in [2.75, 3.05) is 19.8 Å². The van der Waals surface area contributed by atoms with E-state index >= 15 is 0 Å². The molecule has 5 fully saturated rings. The molecule has 19 nitrogen and oxygen atoms in total. The van der Waals surface area contributed by atoms with Crippen molar-refractivity contribution in [3.63, 3.8) is 0 Å². The molecule has 4 amide bonds. The third kappa shape index (κ3) is 14.5. The zero-order valence-electron chi connectivity index (χ0n) is 43.8. The van der Waals surface area contributed by atoms with Crippen LogP contribution >= 0.6 is 15.9 Å². The Labute approximate surface area is 475 Å². The number of rotatable bonds is 16. The minimum atomic E-state index is -2.97. The molecule has 428 valence electrons. The second-order valence-electron chi connectivity index (χ2n) is 21.0. The third-order valence-electron chi connectivity index (χ3n) is 14.4. The van der Waals surface area contributed by atoms with Gasteiger partial charge in [0, 0.05) is 65.4 Å². The number of fused-ring (bicyclic) bond motifs is 2. The number of pyridine rings is 4. The van der Waals surface area contributed by atoms with Gasteiger partial charge in [-0.3, -0.25) is 19.2 Å². The van der Waals surface area contributed by atoms with Gasteiger partial charge < -0.3 is 53.2 Å². The smallest absolute Gasteiger partial charge is 0.278 e. The number of alkyl halides is 4. The molecule has 6 aromatic rings. The normalized spacial score (nSPS) is 23.5. The number of hydrogen-bond donors (Lipinski definition) is 4. The molecular formula is C54H62BrF4N10O9Pd-. The van der Waals surface area contributed by atoms with Crippen LogP contribution in [0.15, 0.2) is 84.1 Å². The summed E-state index contributed by atoms with van der Waals surface area (Å²) in [6.45, 7) is 3.15. The van der Waals surface area contributed by atoms with E-state index in [-0.39, 0.29) is 109 Å². The number of ether oxygens (including phenoxy) is 5. The first-order valence-electron chi connectivity index (χ1n) is 25.2. The number of primary amides is 2. The SMILES string of the molecule is CC(F)(F)COc1ccc2c(C(=O)NC3CC4(C3)CC(Oc3ncccc3C(N)=O)C4)cnn2c1.CC(F)(F)COc1ccc2c(C(=O)NC3CC4(C3)CC(Oc3ncccc3C(N)=O)C4)cnn2c1Br.CC1CCCO1.[CH3-].[Pd]. The van der Waals surface area contributed by atoms with Crippen molar-refractivity contribution in [2.45, 2.75) is 127 Å². The van der Waals surface area contributed by atoms with Crippen molar-refractivity contribution in [3.05, 3.63) is 114 Å². The molecule has 2 spiro atoms. The Morgan fingerprint density at radius 1 is 0.722 bits per heavy atom. The molecule has 4 saturated carbocycles. The summed E-state index contributed by atoms with van der Waals surface area (Å²) < 4.78 is 82.7. The summed E-state index contributed by atoms with van der Waals surface area (Å²) in [6.07, 6.45) is 17.1. The summed E-state index contributed by atoms with van der Waals surface area (Å²) in [5.74, 6) is -6.60. The monoisotopic (exact) mass is 1260 g/mol. The number of amides is 4. The second kappa shape index (κ2) is 24.5. The van der Waals surface area contributed by atoms with E-state index in [2.05, 4.69) is 53.7 Å². The average Bonchev–Trinajstić information content (AvgIpc) is 4.11. The van der Waals surface area contributed by atoms with Gasteiger partial charge in [0.1, 0.15) is 33.7 Å². The quantitative estimate of drug-likeness (QED) is 0.0308. The van der Waals surface area contributed by atoms with Gasteiger partial charge in [-0.25, -0.2) is 36.6 Å². The molecule has 0 radical (unpaired) electrons. The van der Waals surface area contributed by atoms with Gasteiger partial charge in [0.2, 0.25) is 11.8 Å². The van der Waals surface area contributed by atoms with Crippen molar-refractivity contribution in [2.24, 2.45) is 22.3 Å². The van der Waals surface area contributed by atoms with E-state index in [0.29, 0.717) is 32.9 Å². The van der Waals surface area contributed by atoms with Gasteiger partial charge >= 0.3 is 0 Å². The molecule has 25 heteroatoms. The molecule has 0 bridgehead atoms. The number of carbonyl (C=O) groups excluding carboxylic acids is 4. The fourth-order valence-electron chi connectivity index (χ4n) is 10.7. The average molecular weight is 1260 g/mol. The number of hydrogen-bond acceptors (Lipinski definition) is 13. The van der Waals surface area contributed by atoms with Gasteiger partial charge in [-0.15, -0.1) is 0 Å². The Morgan fingerprint density at radius 2 is 1.22 bits per heavy atom. The van der Waals surface area contributed by atoms with Gasteiger partial charge in [0.25, 0.3) is 35.5 Å². The van der Waals surface area contributed by atoms with Crippen LogP contribution in [0.1, 0.15) is 126 Å². The Bertz CT molecular complexity index is 3140. The van der Waals surface area contributed by atoms with Crippen LogP contribution in [-0.4, -0.2) is 115 Å². The van der Waals surface area contributed by atoms with Crippen molar-refractivity contribution in [3.8, 4) is 23.3 Å². The van der Waals surface area contributed by atoms with E-state index in [9.17, 15) is 36.7 Å². The molecule has 7 heterocycles. The van der Waals surface area contributed by atoms with Gasteiger partial charge in [0.05, 0.1) is 46.9 Å². The molecule has 6 aromatic heterocycles. The van der Waals surface area contributed by atoms with E-state index in [1.54, 1.807) is 48.8 Å². The van der Waals surface area contributed by atoms with Crippen LogP contribution in [0.2, 0.25) is 0 Å². The number of halogens is 5. The van der Waals surface area contributed by atoms with Gasteiger partial charge in [-0.1, -0.05) is 0 Å². The summed E-state index contributed by atoms with van der Waals surface area (Å²) in [7, 11) is 0. The van der Waals surface area contributed by atoms with Crippen molar-refractivity contribution >= 4 is 50.6 Å². The predicted octanol–water partition coefficient (Wildman–Crippen LogP) is 8.36. The Kier molecular flexibility index (Phi) is 18.7. The third-order valence-corrected chi connectivity index (χ3v) is 15.1. The van der Waals surface area contributed by atoms with Crippen LogP contribution in [0.25, 0.3) is 11.0 Å². The molecule has 6 N–H and O–H groups in total. The maximum absolute atomic E-state index is 13.1. The van der Waals surface area contributed by atoms with Crippen molar-refractivity contribution < 1.29 is 80.8 Å². The van der Waals surface area contributed by atoms with Crippen molar-refractivity contribution in [1.29, 1.82) is 0 Å². The molecule has 1 atom stereocenters. The van der Waals surface area contributed by atoms with Gasteiger partial charge in [0.15, 0.2) is 19.0 Å². The number of carbonyl (C=O) groups is 4. The first-order valence-corrected chi connectivity index (χ1v) is 26.0. The van der Waals surface area contributed by atoms with E-state index < -0.39 is 36.9 Å². The fourth-order valence-corrected chi connectivity index (χ4v) is 11.2. The van der Waals surface area contributed by atoms with Crippen LogP contribution in [0.5, 0.6) is 23.3 Å². The zero-order valence-corrected chi connectivity index (χ0v) is 46.9. The number of nitrogens with two attached hydrogens (primary N) is 2. The van der Waals surface area contributed by atoms with E-state index in [1.165, 1.54) is 52.6 Å². The molecule has 1 aliphatic heterocycles. The van der Waals surface area contributed by atoms with Crippen LogP contribution < -0.4 is 41.0 Å². The fraction of sp³-hybridized carbons (Fsp3) is 0.463. The second-order valence-corrected chi connectivity index (χ2v) is 21.8. The molecule has 79 heavy (non-hydrogen) atoms. The summed E-state index contributed by atoms with van der Waals surface area (Å²) in [5.41, 5.74) is 13.4. The summed E-state index contributed by atoms with van der Waals surface area (Å²) >= 11 is 3.32. The standard InChI is InChI=1S/C24H24BrF2N5O4.C24H25F2N5O4.C5H10O.CH3.Pd/c1-23(26,27)12-35-18-5-4-17-16(11-30-32(17)19(18)25)21(34)31-13-7-24(8-13)9-14(10-24)36-22-15(20(28)33)3-2-6-29-22;1-23(25,26)13-34-15-4-5-19-18(11-29-31(19)12-15)21(33)30-14-7-24(8-14)9-16(10-24)35-22-17(20(27)32)3-2-6-28-22;1-5-3-2-4-6-5;;/h2-6,11,13-14H,7-10,12H2,1H3,(H2,28,33)(H,31,34);2-6,11-12,14,16H,7-10,13H2,1H3,(H2,27,32)(H,30,33);5H,2-4H2,1H3;1H3;/q;;;-1;. The summed E-state index contributed by atoms with van der Waals surface area (Å²) in [4.78, 5) is 57.1. The topological polar surface area (TPSA) is 251 Å². The predicted molar refractivity (Wildman–Crippen MR) is 280 cm³/mol. The van der Waals surface area contributed by atoms with Gasteiger partial charge in [-0.2, -0.15) is 10.2 Å². The Balaban J connectivity index is 0.000000202. The molecule has 5 aliphatic rings. The summed E-state index contributed by atoms with van der Waals surface area (Å²) in [5, 5.41) is 14.5. The van der Waals surface area contributed by atoms with Crippen LogP contribution in [-0.2, 0) is 25.2 Å². The minimum Gasteiger partial charge on any atom is -0.486 e. The van der Waals surface area contributed by atoms with E-state index in [1.807, 2.05) is 0 Å².